The Morgan fingerprint density at radius 1 is 1.04 bits per heavy atom. The minimum atomic E-state index is -0.235. The lowest BCUT2D eigenvalue weighted by atomic mass is 9.93. The number of H-pyrrole nitrogens is 1. The van der Waals surface area contributed by atoms with Crippen LogP contribution in [0.3, 0.4) is 0 Å². The predicted molar refractivity (Wildman–Crippen MR) is 110 cm³/mol. The van der Waals surface area contributed by atoms with Crippen LogP contribution in [0.1, 0.15) is 13.8 Å². The molecule has 0 aliphatic heterocycles. The summed E-state index contributed by atoms with van der Waals surface area (Å²) >= 11 is 0. The first-order chi connectivity index (χ1) is 13.4. The third kappa shape index (κ3) is 5.09. The number of aromatic amines is 1. The highest BCUT2D eigenvalue weighted by atomic mass is 16.5. The van der Waals surface area contributed by atoms with Gasteiger partial charge in [0.15, 0.2) is 12.4 Å². The number of ether oxygens (including phenoxy) is 1. The summed E-state index contributed by atoms with van der Waals surface area (Å²) in [5.74, 6) is 1.10. The van der Waals surface area contributed by atoms with Crippen molar-refractivity contribution in [2.75, 3.05) is 25.0 Å². The molecule has 3 N–H and O–H groups in total. The molecule has 2 aromatic carbocycles. The lowest BCUT2D eigenvalue weighted by Gasteiger charge is -2.25. The summed E-state index contributed by atoms with van der Waals surface area (Å²) in [6.45, 7) is 5.08. The first-order valence-corrected chi connectivity index (χ1v) is 9.10. The van der Waals surface area contributed by atoms with E-state index in [0.29, 0.717) is 30.0 Å². The summed E-state index contributed by atoms with van der Waals surface area (Å²) in [5, 5.41) is 14.1. The highest BCUT2D eigenvalue weighted by Gasteiger charge is 2.20. The van der Waals surface area contributed by atoms with E-state index in [0.717, 1.165) is 5.39 Å². The highest BCUT2D eigenvalue weighted by molar-refractivity contribution is 5.90. The van der Waals surface area contributed by atoms with Crippen molar-refractivity contribution in [3.8, 4) is 5.75 Å². The zero-order valence-corrected chi connectivity index (χ0v) is 16.0. The van der Waals surface area contributed by atoms with Crippen molar-refractivity contribution in [3.63, 3.8) is 0 Å². The molecular formula is C21H24N4O3. The Balaban J connectivity index is 1.52. The van der Waals surface area contributed by atoms with Crippen LogP contribution in [0, 0.1) is 5.41 Å². The Labute approximate surface area is 163 Å². The Hall–Kier alpha value is -3.35. The molecule has 0 aliphatic carbocycles. The summed E-state index contributed by atoms with van der Waals surface area (Å²) in [7, 11) is 0. The lowest BCUT2D eigenvalue weighted by molar-refractivity contribution is -0.123. The Kier molecular flexibility index (Phi) is 5.93. The van der Waals surface area contributed by atoms with Gasteiger partial charge in [-0.05, 0) is 23.6 Å². The molecule has 0 radical (unpaired) electrons. The van der Waals surface area contributed by atoms with Crippen LogP contribution >= 0.6 is 0 Å². The lowest BCUT2D eigenvalue weighted by Crippen LogP contribution is -2.40. The minimum Gasteiger partial charge on any atom is -0.484 e. The number of benzene rings is 2. The van der Waals surface area contributed by atoms with Gasteiger partial charge >= 0.3 is 0 Å². The molecule has 0 bridgehead atoms. The van der Waals surface area contributed by atoms with E-state index in [-0.39, 0.29) is 23.5 Å². The average Bonchev–Trinajstić information content (AvgIpc) is 2.71. The SMILES string of the molecule is CC(C)(CNC(=O)COc1ccccc1)CNc1n[nH]c(=O)c2ccccc12. The van der Waals surface area contributed by atoms with Gasteiger partial charge < -0.3 is 15.4 Å². The molecule has 0 unspecified atom stereocenters. The molecule has 1 heterocycles. The maximum absolute atomic E-state index is 12.0. The topological polar surface area (TPSA) is 96.1 Å². The summed E-state index contributed by atoms with van der Waals surface area (Å²) in [6.07, 6.45) is 0. The standard InChI is InChI=1S/C21H24N4O3/c1-21(2,13-22-18(26)12-28-15-8-4-3-5-9-15)14-23-19-16-10-6-7-11-17(16)20(27)25-24-19/h3-11H,12-14H2,1-2H3,(H,22,26)(H,23,24)(H,25,27). The smallest absolute Gasteiger partial charge is 0.272 e. The minimum absolute atomic E-state index is 0.0281. The molecule has 1 aromatic heterocycles. The van der Waals surface area contributed by atoms with E-state index in [4.69, 9.17) is 4.74 Å². The maximum Gasteiger partial charge on any atom is 0.272 e. The van der Waals surface area contributed by atoms with Crippen LogP contribution in [0.5, 0.6) is 5.75 Å². The Morgan fingerprint density at radius 2 is 1.71 bits per heavy atom. The largest absolute Gasteiger partial charge is 0.484 e. The van der Waals surface area contributed by atoms with Gasteiger partial charge in [0.2, 0.25) is 0 Å². The van der Waals surface area contributed by atoms with E-state index in [1.165, 1.54) is 0 Å². The van der Waals surface area contributed by atoms with Crippen molar-refractivity contribution >= 4 is 22.5 Å². The summed E-state index contributed by atoms with van der Waals surface area (Å²) in [6, 6.07) is 16.5. The molecule has 0 atom stereocenters. The van der Waals surface area contributed by atoms with Gasteiger partial charge in [-0.1, -0.05) is 50.2 Å². The Morgan fingerprint density at radius 3 is 2.46 bits per heavy atom. The molecule has 0 fully saturated rings. The summed E-state index contributed by atoms with van der Waals surface area (Å²) < 4.78 is 5.45. The van der Waals surface area contributed by atoms with E-state index in [1.807, 2.05) is 62.4 Å². The van der Waals surface area contributed by atoms with Gasteiger partial charge in [-0.25, -0.2) is 5.10 Å². The average molecular weight is 380 g/mol. The van der Waals surface area contributed by atoms with Crippen LogP contribution in [0.15, 0.2) is 59.4 Å². The molecule has 3 aromatic rings. The zero-order chi connectivity index (χ0) is 20.0. The fraction of sp³-hybridized carbons (Fsp3) is 0.286. The van der Waals surface area contributed by atoms with Crippen LogP contribution in [-0.4, -0.2) is 35.8 Å². The number of amides is 1. The quantitative estimate of drug-likeness (QED) is 0.558. The summed E-state index contributed by atoms with van der Waals surface area (Å²) in [4.78, 5) is 23.9. The van der Waals surface area contributed by atoms with Crippen LogP contribution in [0.25, 0.3) is 10.8 Å². The molecule has 0 saturated carbocycles. The van der Waals surface area contributed by atoms with Crippen molar-refractivity contribution in [2.45, 2.75) is 13.8 Å². The Bertz CT molecular complexity index is 999. The zero-order valence-electron chi connectivity index (χ0n) is 16.0. The van der Waals surface area contributed by atoms with Gasteiger partial charge in [-0.15, -0.1) is 0 Å². The molecule has 3 rings (SSSR count). The molecule has 0 spiro atoms. The van der Waals surface area contributed by atoms with Crippen molar-refractivity contribution in [1.29, 1.82) is 0 Å². The number of nitrogens with one attached hydrogen (secondary N) is 3. The number of rotatable bonds is 8. The third-order valence-electron chi connectivity index (χ3n) is 4.31. The maximum atomic E-state index is 12.0. The molecule has 146 valence electrons. The molecule has 1 amide bonds. The van der Waals surface area contributed by atoms with Gasteiger partial charge in [0.25, 0.3) is 11.5 Å². The number of carbonyl (C=O) groups excluding carboxylic acids is 1. The monoisotopic (exact) mass is 380 g/mol. The van der Waals surface area contributed by atoms with Crippen LogP contribution in [0.4, 0.5) is 5.82 Å². The number of hydrogen-bond acceptors (Lipinski definition) is 5. The number of carbonyl (C=O) groups is 1. The van der Waals surface area contributed by atoms with Gasteiger partial charge in [-0.3, -0.25) is 9.59 Å². The molecule has 7 heteroatoms. The number of fused-ring (bicyclic) bond motifs is 1. The van der Waals surface area contributed by atoms with E-state index >= 15 is 0 Å². The number of anilines is 1. The first kappa shape index (κ1) is 19.4. The van der Waals surface area contributed by atoms with E-state index < -0.39 is 0 Å². The number of para-hydroxylation sites is 1. The van der Waals surface area contributed by atoms with Gasteiger partial charge in [0, 0.05) is 18.5 Å². The van der Waals surface area contributed by atoms with E-state index in [2.05, 4.69) is 20.8 Å². The van der Waals surface area contributed by atoms with Crippen LogP contribution < -0.4 is 20.9 Å². The van der Waals surface area contributed by atoms with Crippen molar-refractivity contribution in [1.82, 2.24) is 15.5 Å². The molecule has 28 heavy (non-hydrogen) atoms. The van der Waals surface area contributed by atoms with Gasteiger partial charge in [0.05, 0.1) is 5.39 Å². The fourth-order valence-corrected chi connectivity index (χ4v) is 2.69. The third-order valence-corrected chi connectivity index (χ3v) is 4.31. The normalized spacial score (nSPS) is 11.2. The van der Waals surface area contributed by atoms with Crippen molar-refractivity contribution in [2.24, 2.45) is 5.41 Å². The molecule has 7 nitrogen and oxygen atoms in total. The number of nitrogens with zero attached hydrogens (tertiary/aromatic N) is 1. The van der Waals surface area contributed by atoms with Gasteiger partial charge in [-0.2, -0.15) is 5.10 Å². The summed E-state index contributed by atoms with van der Waals surface area (Å²) in [5.41, 5.74) is -0.451. The fourth-order valence-electron chi connectivity index (χ4n) is 2.69. The van der Waals surface area contributed by atoms with Crippen molar-refractivity contribution in [3.05, 3.63) is 65.0 Å². The molecule has 0 aliphatic rings. The number of hydrogen-bond donors (Lipinski definition) is 3. The predicted octanol–water partition coefficient (Wildman–Crippen LogP) is 2.56. The van der Waals surface area contributed by atoms with Gasteiger partial charge in [0.1, 0.15) is 5.75 Å². The van der Waals surface area contributed by atoms with E-state index in [9.17, 15) is 9.59 Å². The highest BCUT2D eigenvalue weighted by Crippen LogP contribution is 2.20. The number of aromatic nitrogens is 2. The van der Waals surface area contributed by atoms with Crippen LogP contribution in [0.2, 0.25) is 0 Å². The second kappa shape index (κ2) is 8.56. The molecule has 0 saturated heterocycles. The first-order valence-electron chi connectivity index (χ1n) is 9.10. The molecular weight excluding hydrogens is 356 g/mol. The second-order valence-corrected chi connectivity index (χ2v) is 7.34. The van der Waals surface area contributed by atoms with Crippen molar-refractivity contribution < 1.29 is 9.53 Å². The second-order valence-electron chi connectivity index (χ2n) is 7.34. The van der Waals surface area contributed by atoms with E-state index in [1.54, 1.807) is 6.07 Å². The van der Waals surface area contributed by atoms with Crippen LogP contribution in [-0.2, 0) is 4.79 Å².